The Kier molecular flexibility index (Phi) is 2.90. The molecule has 0 aliphatic carbocycles. The van der Waals surface area contributed by atoms with Crippen LogP contribution in [0.1, 0.15) is 11.4 Å². The number of H-pyrrole nitrogens is 1. The van der Waals surface area contributed by atoms with Gasteiger partial charge in [0.05, 0.1) is 24.1 Å². The number of hydrogen-bond donors (Lipinski definition) is 2. The van der Waals surface area contributed by atoms with E-state index in [0.29, 0.717) is 6.54 Å². The highest BCUT2D eigenvalue weighted by atomic mass is 16.1. The lowest BCUT2D eigenvalue weighted by atomic mass is 10.4. The van der Waals surface area contributed by atoms with Gasteiger partial charge in [0, 0.05) is 18.6 Å². The molecule has 2 N–H and O–H groups in total. The molecule has 16 heavy (non-hydrogen) atoms. The second-order valence-corrected chi connectivity index (χ2v) is 3.27. The number of hydrogen-bond acceptors (Lipinski definition) is 5. The van der Waals surface area contributed by atoms with Gasteiger partial charge in [0.15, 0.2) is 5.82 Å². The van der Waals surface area contributed by atoms with Gasteiger partial charge in [-0.2, -0.15) is 0 Å². The van der Waals surface area contributed by atoms with Crippen molar-refractivity contribution in [2.45, 2.75) is 13.5 Å². The molecule has 0 amide bonds. The number of aromatic amines is 1. The first-order chi connectivity index (χ1) is 7.75. The summed E-state index contributed by atoms with van der Waals surface area (Å²) in [5, 5.41) is 2.89. The Labute approximate surface area is 91.8 Å². The Hall–Kier alpha value is -2.24. The highest BCUT2D eigenvalue weighted by Gasteiger charge is 2.00. The Morgan fingerprint density at radius 2 is 2.19 bits per heavy atom. The van der Waals surface area contributed by atoms with Crippen molar-refractivity contribution >= 4 is 5.82 Å². The second kappa shape index (κ2) is 4.52. The molecule has 0 saturated carbocycles. The third-order valence-electron chi connectivity index (χ3n) is 1.98. The summed E-state index contributed by atoms with van der Waals surface area (Å²) in [6.45, 7) is 2.29. The number of anilines is 1. The predicted octanol–water partition coefficient (Wildman–Crippen LogP) is 0.480. The summed E-state index contributed by atoms with van der Waals surface area (Å²) in [5.41, 5.74) is 1.37. The Morgan fingerprint density at radius 3 is 2.88 bits per heavy atom. The molecular weight excluding hydrogens is 206 g/mol. The van der Waals surface area contributed by atoms with Crippen LogP contribution in [0.15, 0.2) is 29.6 Å². The van der Waals surface area contributed by atoms with Crippen molar-refractivity contribution in [1.82, 2.24) is 19.9 Å². The van der Waals surface area contributed by atoms with Gasteiger partial charge in [-0.3, -0.25) is 14.8 Å². The van der Waals surface area contributed by atoms with Crippen LogP contribution >= 0.6 is 0 Å². The molecule has 0 atom stereocenters. The number of rotatable bonds is 3. The summed E-state index contributed by atoms with van der Waals surface area (Å²) >= 11 is 0. The molecule has 2 aromatic heterocycles. The summed E-state index contributed by atoms with van der Waals surface area (Å²) in [4.78, 5) is 26.0. The molecule has 0 fully saturated rings. The van der Waals surface area contributed by atoms with E-state index in [0.717, 1.165) is 11.4 Å². The fourth-order valence-corrected chi connectivity index (χ4v) is 1.16. The Bertz CT molecular complexity index is 519. The van der Waals surface area contributed by atoms with E-state index in [4.69, 9.17) is 0 Å². The van der Waals surface area contributed by atoms with E-state index in [1.807, 2.05) is 6.92 Å². The zero-order valence-corrected chi connectivity index (χ0v) is 8.77. The van der Waals surface area contributed by atoms with Crippen LogP contribution in [0.3, 0.4) is 0 Å². The SMILES string of the molecule is Cc1cnc(CNc2ncc[nH]c2=O)cn1. The van der Waals surface area contributed by atoms with Crippen LogP contribution in [0.2, 0.25) is 0 Å². The van der Waals surface area contributed by atoms with Gasteiger partial charge >= 0.3 is 0 Å². The Balaban J connectivity index is 2.05. The van der Waals surface area contributed by atoms with Gasteiger partial charge in [0.2, 0.25) is 0 Å². The van der Waals surface area contributed by atoms with Crippen molar-refractivity contribution in [2.24, 2.45) is 0 Å². The molecule has 6 nitrogen and oxygen atoms in total. The molecule has 2 aromatic rings. The van der Waals surface area contributed by atoms with Crippen LogP contribution in [0.5, 0.6) is 0 Å². The zero-order valence-electron chi connectivity index (χ0n) is 8.77. The maximum absolute atomic E-state index is 11.3. The van der Waals surface area contributed by atoms with Gasteiger partial charge in [0.25, 0.3) is 5.56 Å². The van der Waals surface area contributed by atoms with Gasteiger partial charge in [-0.15, -0.1) is 0 Å². The van der Waals surface area contributed by atoms with Crippen LogP contribution in [-0.4, -0.2) is 19.9 Å². The average Bonchev–Trinajstić information content (AvgIpc) is 2.30. The largest absolute Gasteiger partial charge is 0.360 e. The van der Waals surface area contributed by atoms with E-state index in [2.05, 4.69) is 25.3 Å². The first-order valence-electron chi connectivity index (χ1n) is 4.81. The lowest BCUT2D eigenvalue weighted by molar-refractivity contribution is 0.967. The highest BCUT2D eigenvalue weighted by molar-refractivity contribution is 5.30. The average molecular weight is 217 g/mol. The highest BCUT2D eigenvalue weighted by Crippen LogP contribution is 1.97. The monoisotopic (exact) mass is 217 g/mol. The molecule has 82 valence electrons. The molecule has 0 radical (unpaired) electrons. The number of nitrogens with one attached hydrogen (secondary N) is 2. The number of aryl methyl sites for hydroxylation is 1. The fraction of sp³-hybridized carbons (Fsp3) is 0.200. The van der Waals surface area contributed by atoms with E-state index in [9.17, 15) is 4.79 Å². The summed E-state index contributed by atoms with van der Waals surface area (Å²) in [5.74, 6) is 0.282. The summed E-state index contributed by atoms with van der Waals surface area (Å²) in [6.07, 6.45) is 6.35. The summed E-state index contributed by atoms with van der Waals surface area (Å²) in [7, 11) is 0. The normalized spacial score (nSPS) is 10.1. The maximum Gasteiger partial charge on any atom is 0.290 e. The van der Waals surface area contributed by atoms with Crippen molar-refractivity contribution in [1.29, 1.82) is 0 Å². The molecule has 0 unspecified atom stereocenters. The first kappa shape index (κ1) is 10.3. The van der Waals surface area contributed by atoms with Gasteiger partial charge < -0.3 is 10.3 Å². The molecule has 0 aliphatic rings. The van der Waals surface area contributed by atoms with Crippen LogP contribution in [0.4, 0.5) is 5.82 Å². The van der Waals surface area contributed by atoms with E-state index >= 15 is 0 Å². The first-order valence-corrected chi connectivity index (χ1v) is 4.81. The van der Waals surface area contributed by atoms with Crippen molar-refractivity contribution in [2.75, 3.05) is 5.32 Å². The zero-order chi connectivity index (χ0) is 11.4. The minimum absolute atomic E-state index is 0.248. The minimum Gasteiger partial charge on any atom is -0.360 e. The van der Waals surface area contributed by atoms with Crippen molar-refractivity contribution in [3.63, 3.8) is 0 Å². The molecule has 0 bridgehead atoms. The maximum atomic E-state index is 11.3. The lowest BCUT2D eigenvalue weighted by Crippen LogP contribution is -2.15. The fourth-order valence-electron chi connectivity index (χ4n) is 1.16. The van der Waals surface area contributed by atoms with Crippen molar-refractivity contribution < 1.29 is 0 Å². The van der Waals surface area contributed by atoms with Crippen LogP contribution in [-0.2, 0) is 6.54 Å². The van der Waals surface area contributed by atoms with E-state index in [1.54, 1.807) is 12.4 Å². The lowest BCUT2D eigenvalue weighted by Gasteiger charge is -2.03. The number of nitrogens with zero attached hydrogens (tertiary/aromatic N) is 3. The minimum atomic E-state index is -0.248. The van der Waals surface area contributed by atoms with E-state index in [1.165, 1.54) is 12.4 Å². The van der Waals surface area contributed by atoms with Crippen molar-refractivity contribution in [3.8, 4) is 0 Å². The quantitative estimate of drug-likeness (QED) is 0.781. The topological polar surface area (TPSA) is 83.6 Å². The standard InChI is InChI=1S/C10H11N5O/c1-7-4-14-8(5-13-7)6-15-9-10(16)12-3-2-11-9/h2-5H,6H2,1H3,(H,11,15)(H,12,16). The molecule has 6 heteroatoms. The summed E-state index contributed by atoms with van der Waals surface area (Å²) < 4.78 is 0. The molecule has 0 aliphatic heterocycles. The molecule has 2 heterocycles. The molecule has 0 spiro atoms. The molecule has 0 saturated heterocycles. The van der Waals surface area contributed by atoms with Crippen LogP contribution < -0.4 is 10.9 Å². The van der Waals surface area contributed by atoms with Crippen molar-refractivity contribution in [3.05, 3.63) is 46.5 Å². The third kappa shape index (κ3) is 2.41. The van der Waals surface area contributed by atoms with E-state index < -0.39 is 0 Å². The van der Waals surface area contributed by atoms with Gasteiger partial charge in [-0.1, -0.05) is 0 Å². The Morgan fingerprint density at radius 1 is 1.31 bits per heavy atom. The smallest absolute Gasteiger partial charge is 0.290 e. The summed E-state index contributed by atoms with van der Waals surface area (Å²) in [6, 6.07) is 0. The number of aromatic nitrogens is 4. The van der Waals surface area contributed by atoms with Gasteiger partial charge in [0.1, 0.15) is 0 Å². The molecule has 0 aromatic carbocycles. The van der Waals surface area contributed by atoms with Gasteiger partial charge in [-0.05, 0) is 6.92 Å². The predicted molar refractivity (Wildman–Crippen MR) is 59.0 cm³/mol. The van der Waals surface area contributed by atoms with Crippen LogP contribution in [0, 0.1) is 6.92 Å². The van der Waals surface area contributed by atoms with Gasteiger partial charge in [-0.25, -0.2) is 4.98 Å². The third-order valence-corrected chi connectivity index (χ3v) is 1.98. The molecule has 2 rings (SSSR count). The second-order valence-electron chi connectivity index (χ2n) is 3.27. The van der Waals surface area contributed by atoms with E-state index in [-0.39, 0.29) is 11.4 Å². The molecular formula is C10H11N5O. The van der Waals surface area contributed by atoms with Crippen LogP contribution in [0.25, 0.3) is 0 Å².